The number of halogens is 1. The van der Waals surface area contributed by atoms with Crippen LogP contribution >= 0.6 is 11.6 Å². The molecule has 3 rings (SSSR count). The van der Waals surface area contributed by atoms with Crippen LogP contribution in [0.2, 0.25) is 5.02 Å². The van der Waals surface area contributed by atoms with Crippen molar-refractivity contribution in [2.75, 3.05) is 17.2 Å². The van der Waals surface area contributed by atoms with Crippen LogP contribution in [0.25, 0.3) is 0 Å². The lowest BCUT2D eigenvalue weighted by Crippen LogP contribution is -2.32. The van der Waals surface area contributed by atoms with E-state index in [1.807, 2.05) is 24.3 Å². The van der Waals surface area contributed by atoms with Gasteiger partial charge in [0.15, 0.2) is 6.61 Å². The van der Waals surface area contributed by atoms with Gasteiger partial charge in [-0.05, 0) is 60.0 Å². The summed E-state index contributed by atoms with van der Waals surface area (Å²) < 4.78 is 5.53. The van der Waals surface area contributed by atoms with E-state index in [9.17, 15) is 14.4 Å². The molecule has 9 heteroatoms. The normalized spacial score (nSPS) is 10.5. The molecule has 0 fully saturated rings. The van der Waals surface area contributed by atoms with Gasteiger partial charge in [0.25, 0.3) is 5.91 Å². The van der Waals surface area contributed by atoms with Gasteiger partial charge < -0.3 is 15.4 Å². The number of amides is 3. The summed E-state index contributed by atoms with van der Waals surface area (Å²) in [6, 6.07) is 20.8. The lowest BCUT2D eigenvalue weighted by atomic mass is 10.1. The van der Waals surface area contributed by atoms with Crippen molar-refractivity contribution in [3.05, 3.63) is 88.9 Å². The molecule has 3 amide bonds. The highest BCUT2D eigenvalue weighted by Gasteiger charge is 2.13. The number of aryl methyl sites for hydroxylation is 1. The molecule has 8 nitrogen and oxygen atoms in total. The first-order valence-corrected chi connectivity index (χ1v) is 10.8. The fraction of sp³-hybridized carbons (Fsp3) is 0.120. The second kappa shape index (κ2) is 12.2. The maximum Gasteiger partial charge on any atom is 0.329 e. The Morgan fingerprint density at radius 2 is 1.68 bits per heavy atom. The zero-order valence-electron chi connectivity index (χ0n) is 18.4. The quantitative estimate of drug-likeness (QED) is 0.258. The van der Waals surface area contributed by atoms with Crippen molar-refractivity contribution in [3.8, 4) is 5.75 Å². The molecule has 0 atom stereocenters. The molecule has 0 aliphatic carbocycles. The molecule has 0 bridgehead atoms. The van der Waals surface area contributed by atoms with E-state index >= 15 is 0 Å². The third kappa shape index (κ3) is 7.75. The van der Waals surface area contributed by atoms with Crippen molar-refractivity contribution in [3.63, 3.8) is 0 Å². The number of carbonyl (C=O) groups is 3. The molecule has 0 spiro atoms. The minimum atomic E-state index is -0.938. The number of ether oxygens (including phenoxy) is 1. The maximum atomic E-state index is 12.1. The monoisotopic (exact) mass is 478 g/mol. The van der Waals surface area contributed by atoms with Gasteiger partial charge in [-0.25, -0.2) is 5.43 Å². The van der Waals surface area contributed by atoms with E-state index in [1.54, 1.807) is 42.5 Å². The number of nitrogens with zero attached hydrogens (tertiary/aromatic N) is 1. The van der Waals surface area contributed by atoms with Gasteiger partial charge in [-0.1, -0.05) is 48.9 Å². The Morgan fingerprint density at radius 3 is 2.41 bits per heavy atom. The SMILES string of the molecule is CCc1ccc(NC(=O)COc2cccc(/C=N\NC(=O)C(=O)Nc3cccc(Cl)c3)c2)cc1. The summed E-state index contributed by atoms with van der Waals surface area (Å²) in [6.07, 6.45) is 2.28. The molecule has 0 aliphatic heterocycles. The number of hydrogen-bond donors (Lipinski definition) is 3. The largest absolute Gasteiger partial charge is 0.484 e. The van der Waals surface area contributed by atoms with Gasteiger partial charge in [-0.2, -0.15) is 5.10 Å². The van der Waals surface area contributed by atoms with Gasteiger partial charge in [0.1, 0.15) is 5.75 Å². The molecule has 3 aromatic rings. The number of benzene rings is 3. The number of rotatable bonds is 8. The third-order valence-corrected chi connectivity index (χ3v) is 4.78. The summed E-state index contributed by atoms with van der Waals surface area (Å²) >= 11 is 5.85. The Morgan fingerprint density at radius 1 is 0.912 bits per heavy atom. The molecule has 0 heterocycles. The van der Waals surface area contributed by atoms with E-state index in [2.05, 4.69) is 28.1 Å². The second-order valence-corrected chi connectivity index (χ2v) is 7.56. The van der Waals surface area contributed by atoms with Crippen LogP contribution in [-0.2, 0) is 20.8 Å². The lowest BCUT2D eigenvalue weighted by molar-refractivity contribution is -0.136. The molecule has 0 saturated carbocycles. The zero-order chi connectivity index (χ0) is 24.3. The summed E-state index contributed by atoms with van der Waals surface area (Å²) in [7, 11) is 0. The van der Waals surface area contributed by atoms with E-state index in [0.717, 1.165) is 6.42 Å². The summed E-state index contributed by atoms with van der Waals surface area (Å²) in [5.41, 5.74) is 5.03. The van der Waals surface area contributed by atoms with Gasteiger partial charge in [-0.3, -0.25) is 14.4 Å². The average molecular weight is 479 g/mol. The topological polar surface area (TPSA) is 109 Å². The summed E-state index contributed by atoms with van der Waals surface area (Å²) in [6.45, 7) is 1.89. The van der Waals surface area contributed by atoms with E-state index in [-0.39, 0.29) is 12.5 Å². The smallest absolute Gasteiger partial charge is 0.329 e. The highest BCUT2D eigenvalue weighted by molar-refractivity contribution is 6.39. The summed E-state index contributed by atoms with van der Waals surface area (Å²) in [5, 5.41) is 9.41. The van der Waals surface area contributed by atoms with Gasteiger partial charge in [0, 0.05) is 16.4 Å². The molecular weight excluding hydrogens is 456 g/mol. The Hall–Kier alpha value is -4.17. The van der Waals surface area contributed by atoms with Crippen LogP contribution in [0.15, 0.2) is 77.9 Å². The summed E-state index contributed by atoms with van der Waals surface area (Å²) in [5.74, 6) is -1.66. The predicted molar refractivity (Wildman–Crippen MR) is 132 cm³/mol. The molecular formula is C25H23ClN4O4. The van der Waals surface area contributed by atoms with Crippen LogP contribution in [-0.4, -0.2) is 30.5 Å². The zero-order valence-corrected chi connectivity index (χ0v) is 19.1. The van der Waals surface area contributed by atoms with Crippen LogP contribution in [0.4, 0.5) is 11.4 Å². The standard InChI is InChI=1S/C25H23ClN4O4/c1-2-17-9-11-20(12-10-17)28-23(31)16-34-22-8-3-5-18(13-22)15-27-30-25(33)24(32)29-21-7-4-6-19(26)14-21/h3-15H,2,16H2,1H3,(H,28,31)(H,29,32)(H,30,33)/b27-15-. The fourth-order valence-electron chi connectivity index (χ4n) is 2.82. The van der Waals surface area contributed by atoms with E-state index in [1.165, 1.54) is 17.8 Å². The third-order valence-electron chi connectivity index (χ3n) is 4.54. The Labute approximate surface area is 202 Å². The van der Waals surface area contributed by atoms with E-state index in [4.69, 9.17) is 16.3 Å². The molecule has 0 radical (unpaired) electrons. The minimum absolute atomic E-state index is 0.170. The van der Waals surface area contributed by atoms with Gasteiger partial charge >= 0.3 is 11.8 Å². The van der Waals surface area contributed by atoms with Crippen molar-refractivity contribution >= 4 is 46.9 Å². The van der Waals surface area contributed by atoms with Crippen LogP contribution in [0, 0.1) is 0 Å². The highest BCUT2D eigenvalue weighted by Crippen LogP contribution is 2.15. The van der Waals surface area contributed by atoms with E-state index < -0.39 is 11.8 Å². The molecule has 3 N–H and O–H groups in total. The predicted octanol–water partition coefficient (Wildman–Crippen LogP) is 4.01. The van der Waals surface area contributed by atoms with Crippen LogP contribution in [0.1, 0.15) is 18.1 Å². The Balaban J connectivity index is 1.47. The molecule has 0 unspecified atom stereocenters. The van der Waals surface area contributed by atoms with E-state index in [0.29, 0.717) is 27.7 Å². The fourth-order valence-corrected chi connectivity index (χ4v) is 3.01. The molecule has 0 saturated heterocycles. The number of hydrazone groups is 1. The number of hydrogen-bond acceptors (Lipinski definition) is 5. The van der Waals surface area contributed by atoms with Crippen molar-refractivity contribution in [2.24, 2.45) is 5.10 Å². The summed E-state index contributed by atoms with van der Waals surface area (Å²) in [4.78, 5) is 36.0. The van der Waals surface area contributed by atoms with Crippen molar-refractivity contribution in [1.82, 2.24) is 5.43 Å². The molecule has 34 heavy (non-hydrogen) atoms. The van der Waals surface area contributed by atoms with Crippen molar-refractivity contribution in [1.29, 1.82) is 0 Å². The van der Waals surface area contributed by atoms with Crippen molar-refractivity contribution < 1.29 is 19.1 Å². The maximum absolute atomic E-state index is 12.1. The minimum Gasteiger partial charge on any atom is -0.484 e. The van der Waals surface area contributed by atoms with Crippen LogP contribution in [0.5, 0.6) is 5.75 Å². The van der Waals surface area contributed by atoms with Gasteiger partial charge in [0.2, 0.25) is 0 Å². The highest BCUT2D eigenvalue weighted by atomic mass is 35.5. The number of carbonyl (C=O) groups excluding carboxylic acids is 3. The Bertz CT molecular complexity index is 1200. The Kier molecular flexibility index (Phi) is 8.76. The number of anilines is 2. The lowest BCUT2D eigenvalue weighted by Gasteiger charge is -2.08. The van der Waals surface area contributed by atoms with Crippen LogP contribution in [0.3, 0.4) is 0 Å². The second-order valence-electron chi connectivity index (χ2n) is 7.12. The molecule has 174 valence electrons. The van der Waals surface area contributed by atoms with Gasteiger partial charge in [0.05, 0.1) is 6.21 Å². The van der Waals surface area contributed by atoms with Gasteiger partial charge in [-0.15, -0.1) is 0 Å². The first-order chi connectivity index (χ1) is 16.4. The number of nitrogens with one attached hydrogen (secondary N) is 3. The molecule has 3 aromatic carbocycles. The molecule has 0 aromatic heterocycles. The first kappa shape index (κ1) is 24.5. The molecule has 0 aliphatic rings. The van der Waals surface area contributed by atoms with Crippen LogP contribution < -0.4 is 20.8 Å². The van der Waals surface area contributed by atoms with Crippen molar-refractivity contribution in [2.45, 2.75) is 13.3 Å². The first-order valence-electron chi connectivity index (χ1n) is 10.4. The average Bonchev–Trinajstić information content (AvgIpc) is 2.83.